The summed E-state index contributed by atoms with van der Waals surface area (Å²) < 4.78 is 51.1. The highest BCUT2D eigenvalue weighted by Crippen LogP contribution is 2.40. The molecule has 0 radical (unpaired) electrons. The number of nitrogens with zero attached hydrogens (tertiary/aromatic N) is 6. The maximum atomic E-state index is 13.7. The minimum absolute atomic E-state index is 0.0227. The lowest BCUT2D eigenvalue weighted by Crippen LogP contribution is -2.68. The lowest BCUT2D eigenvalue weighted by Gasteiger charge is -2.53. The van der Waals surface area contributed by atoms with Gasteiger partial charge in [-0.2, -0.15) is 9.97 Å². The monoisotopic (exact) mass is 622 g/mol. The predicted octanol–water partition coefficient (Wildman–Crippen LogP) is 3.33. The first kappa shape index (κ1) is 26.8. The third-order valence-electron chi connectivity index (χ3n) is 7.41. The third-order valence-corrected chi connectivity index (χ3v) is 7.85. The van der Waals surface area contributed by atoms with Crippen LogP contribution in [0.1, 0.15) is 25.6 Å². The molecule has 40 heavy (non-hydrogen) atoms. The van der Waals surface area contributed by atoms with Gasteiger partial charge in [0.15, 0.2) is 5.76 Å². The van der Waals surface area contributed by atoms with E-state index in [-0.39, 0.29) is 36.5 Å². The van der Waals surface area contributed by atoms with E-state index in [9.17, 15) is 18.7 Å². The van der Waals surface area contributed by atoms with E-state index in [0.717, 1.165) is 10.2 Å². The Balaban J connectivity index is 1.29. The molecule has 6 rings (SSSR count). The number of furan rings is 1. The maximum Gasteiger partial charge on any atom is 0.326 e. The molecule has 0 aliphatic carbocycles. The highest BCUT2D eigenvalue weighted by atomic mass is 79.9. The van der Waals surface area contributed by atoms with Crippen molar-refractivity contribution < 1.29 is 37.3 Å². The van der Waals surface area contributed by atoms with E-state index in [4.69, 9.17) is 18.6 Å². The fourth-order valence-electron chi connectivity index (χ4n) is 5.23. The van der Waals surface area contributed by atoms with E-state index >= 15 is 0 Å². The highest BCUT2D eigenvalue weighted by Gasteiger charge is 2.50. The van der Waals surface area contributed by atoms with Gasteiger partial charge in [-0.15, -0.1) is 0 Å². The lowest BCUT2D eigenvalue weighted by atomic mass is 9.90. The SMILES string of the molecule is C[C@@H]1N(c2cc(Br)cnc2O[C@H]2C[C@@H](C(=O)O)N(c3nc(-c4ccco4)nc(C(F)F)n3)C2)CCOC12COC2. The number of rotatable bonds is 7. The van der Waals surface area contributed by atoms with Gasteiger partial charge in [-0.3, -0.25) is 0 Å². The quantitative estimate of drug-likeness (QED) is 0.414. The zero-order valence-corrected chi connectivity index (χ0v) is 22.8. The number of halogens is 3. The molecule has 1 spiro atoms. The summed E-state index contributed by atoms with van der Waals surface area (Å²) in [4.78, 5) is 32.2. The van der Waals surface area contributed by atoms with Crippen molar-refractivity contribution in [1.82, 2.24) is 19.9 Å². The van der Waals surface area contributed by atoms with Gasteiger partial charge in [0.05, 0.1) is 38.7 Å². The van der Waals surface area contributed by atoms with E-state index in [1.807, 2.05) is 6.07 Å². The predicted molar refractivity (Wildman–Crippen MR) is 139 cm³/mol. The summed E-state index contributed by atoms with van der Waals surface area (Å²) in [6.45, 7) is 4.17. The molecule has 3 aliphatic rings. The molecule has 12 nitrogen and oxygen atoms in total. The van der Waals surface area contributed by atoms with E-state index in [1.54, 1.807) is 12.3 Å². The number of aromatic nitrogens is 4. The van der Waals surface area contributed by atoms with Gasteiger partial charge in [0.1, 0.15) is 23.4 Å². The van der Waals surface area contributed by atoms with Gasteiger partial charge in [0.25, 0.3) is 6.43 Å². The van der Waals surface area contributed by atoms with Crippen molar-refractivity contribution in [1.29, 1.82) is 0 Å². The Bertz CT molecular complexity index is 1390. The molecule has 0 unspecified atom stereocenters. The number of morpholine rings is 1. The molecule has 6 heterocycles. The van der Waals surface area contributed by atoms with Gasteiger partial charge in [0.2, 0.25) is 23.5 Å². The number of carboxylic acid groups (broad SMARTS) is 1. The Morgan fingerprint density at radius 2 is 2.10 bits per heavy atom. The highest BCUT2D eigenvalue weighted by molar-refractivity contribution is 9.10. The number of carbonyl (C=O) groups is 1. The number of alkyl halides is 2. The van der Waals surface area contributed by atoms with Gasteiger partial charge in [-0.25, -0.2) is 23.5 Å². The standard InChI is InChI=1S/C25H25BrF2N6O6/c1-13-25(11-37-12-25)39-6-4-33(13)16-7-14(26)9-29-22(16)40-15-8-17(23(35)36)34(10-15)24-31-20(18-3-2-5-38-18)30-21(32-24)19(27)28/h2-3,5,7,9,13,15,17,19H,4,6,8,10-12H2,1H3,(H,35,36)/t13-,15-,17-/m0/s1. The van der Waals surface area contributed by atoms with Crippen LogP contribution in [-0.2, 0) is 14.3 Å². The zero-order chi connectivity index (χ0) is 28.0. The van der Waals surface area contributed by atoms with Gasteiger partial charge < -0.3 is 33.5 Å². The molecule has 3 atom stereocenters. The van der Waals surface area contributed by atoms with Gasteiger partial charge >= 0.3 is 5.97 Å². The van der Waals surface area contributed by atoms with Crippen LogP contribution in [0.2, 0.25) is 0 Å². The van der Waals surface area contributed by atoms with Crippen molar-refractivity contribution in [3.8, 4) is 17.5 Å². The zero-order valence-electron chi connectivity index (χ0n) is 21.2. The second kappa shape index (κ2) is 10.5. The van der Waals surface area contributed by atoms with Crippen LogP contribution < -0.4 is 14.5 Å². The summed E-state index contributed by atoms with van der Waals surface area (Å²) in [5.74, 6) is -1.79. The van der Waals surface area contributed by atoms with Crippen molar-refractivity contribution in [3.05, 3.63) is 41.0 Å². The molecule has 3 aromatic rings. The number of anilines is 2. The largest absolute Gasteiger partial charge is 0.480 e. The summed E-state index contributed by atoms with van der Waals surface area (Å²) in [6.07, 6.45) is -0.635. The first-order valence-electron chi connectivity index (χ1n) is 12.6. The minimum atomic E-state index is -3.00. The molecule has 0 saturated carbocycles. The fourth-order valence-corrected chi connectivity index (χ4v) is 5.55. The van der Waals surface area contributed by atoms with E-state index in [2.05, 4.69) is 47.7 Å². The summed E-state index contributed by atoms with van der Waals surface area (Å²) in [5.41, 5.74) is 0.311. The van der Waals surface area contributed by atoms with E-state index < -0.39 is 36.0 Å². The Kier molecular flexibility index (Phi) is 7.04. The Morgan fingerprint density at radius 1 is 1.27 bits per heavy atom. The molecule has 3 fully saturated rings. The minimum Gasteiger partial charge on any atom is -0.480 e. The second-order valence-corrected chi connectivity index (χ2v) is 10.7. The van der Waals surface area contributed by atoms with Crippen LogP contribution in [0.25, 0.3) is 11.6 Å². The summed E-state index contributed by atoms with van der Waals surface area (Å²) >= 11 is 3.49. The molecule has 3 aromatic heterocycles. The van der Waals surface area contributed by atoms with Crippen LogP contribution in [0.15, 0.2) is 39.5 Å². The second-order valence-electron chi connectivity index (χ2n) is 9.83. The van der Waals surface area contributed by atoms with Crippen LogP contribution in [-0.4, -0.2) is 87.7 Å². The molecule has 3 saturated heterocycles. The average molecular weight is 623 g/mol. The van der Waals surface area contributed by atoms with Crippen molar-refractivity contribution in [2.24, 2.45) is 0 Å². The van der Waals surface area contributed by atoms with Gasteiger partial charge in [-0.05, 0) is 41.1 Å². The Morgan fingerprint density at radius 3 is 2.77 bits per heavy atom. The molecule has 0 aromatic carbocycles. The number of aliphatic carboxylic acids is 1. The molecule has 1 N–H and O–H groups in total. The molecule has 0 bridgehead atoms. The molecule has 0 amide bonds. The summed E-state index contributed by atoms with van der Waals surface area (Å²) in [7, 11) is 0. The molecule has 15 heteroatoms. The average Bonchev–Trinajstić information content (AvgIpc) is 3.60. The van der Waals surface area contributed by atoms with Crippen molar-refractivity contribution in [2.75, 3.05) is 42.7 Å². The number of ether oxygens (including phenoxy) is 3. The first-order chi connectivity index (χ1) is 19.2. The van der Waals surface area contributed by atoms with Crippen LogP contribution in [0.3, 0.4) is 0 Å². The molecule has 212 valence electrons. The smallest absolute Gasteiger partial charge is 0.326 e. The van der Waals surface area contributed by atoms with Crippen LogP contribution >= 0.6 is 15.9 Å². The van der Waals surface area contributed by atoms with Crippen LogP contribution in [0.4, 0.5) is 20.4 Å². The number of carboxylic acids is 1. The van der Waals surface area contributed by atoms with Crippen LogP contribution in [0, 0.1) is 0 Å². The lowest BCUT2D eigenvalue weighted by molar-refractivity contribution is -0.228. The van der Waals surface area contributed by atoms with Crippen molar-refractivity contribution in [2.45, 2.75) is 43.6 Å². The van der Waals surface area contributed by atoms with Crippen LogP contribution in [0.5, 0.6) is 5.88 Å². The maximum absolute atomic E-state index is 13.7. The summed E-state index contributed by atoms with van der Waals surface area (Å²) in [5, 5.41) is 9.99. The third kappa shape index (κ3) is 4.86. The number of hydrogen-bond acceptors (Lipinski definition) is 11. The topological polar surface area (TPSA) is 136 Å². The fraction of sp³-hybridized carbons (Fsp3) is 0.480. The number of hydrogen-bond donors (Lipinski definition) is 1. The van der Waals surface area contributed by atoms with E-state index in [0.29, 0.717) is 32.2 Å². The summed E-state index contributed by atoms with van der Waals surface area (Å²) in [6, 6.07) is 3.83. The Labute approximate surface area is 235 Å². The normalized spacial score (nSPS) is 24.0. The number of pyridine rings is 1. The molecular weight excluding hydrogens is 598 g/mol. The van der Waals surface area contributed by atoms with Crippen molar-refractivity contribution >= 4 is 33.5 Å². The first-order valence-corrected chi connectivity index (χ1v) is 13.4. The molecular formula is C25H25BrF2N6O6. The molecule has 3 aliphatic heterocycles. The van der Waals surface area contributed by atoms with Crippen molar-refractivity contribution in [3.63, 3.8) is 0 Å². The van der Waals surface area contributed by atoms with Gasteiger partial charge in [-0.1, -0.05) is 0 Å². The van der Waals surface area contributed by atoms with E-state index in [1.165, 1.54) is 17.2 Å². The Hall–Kier alpha value is -3.43. The van der Waals surface area contributed by atoms with Gasteiger partial charge in [0, 0.05) is 23.6 Å².